The molecule has 0 bridgehead atoms. The molecule has 3 aromatic rings. The van der Waals surface area contributed by atoms with Gasteiger partial charge in [-0.3, -0.25) is 4.40 Å². The Morgan fingerprint density at radius 3 is 2.69 bits per heavy atom. The minimum absolute atomic E-state index is 0.469. The smallest absolute Gasteiger partial charge is 0.405 e. The van der Waals surface area contributed by atoms with E-state index in [1.165, 1.54) is 0 Å². The third kappa shape index (κ3) is 3.60. The molecule has 1 amide bonds. The SMILES string of the molecule is Cc1nc(-c2cccc(Cl)c2Cl)n2ccnc(N3CCC(C)(OC(N)=O)CC3)c12. The number of aryl methyl sites for hydroxylation is 1. The Morgan fingerprint density at radius 2 is 2.00 bits per heavy atom. The summed E-state index contributed by atoms with van der Waals surface area (Å²) in [6.45, 7) is 5.24. The van der Waals surface area contributed by atoms with Gasteiger partial charge in [-0.1, -0.05) is 29.3 Å². The molecule has 0 aliphatic carbocycles. The number of halogens is 2. The van der Waals surface area contributed by atoms with Crippen LogP contribution in [-0.2, 0) is 4.74 Å². The Kier molecular flexibility index (Phi) is 5.04. The third-order valence-corrected chi connectivity index (χ3v) is 6.19. The van der Waals surface area contributed by atoms with Crippen molar-refractivity contribution in [3.05, 3.63) is 46.3 Å². The van der Waals surface area contributed by atoms with Crippen LogP contribution in [0, 0.1) is 6.92 Å². The average molecular weight is 434 g/mol. The van der Waals surface area contributed by atoms with Gasteiger partial charge in [0.2, 0.25) is 0 Å². The molecule has 0 radical (unpaired) electrons. The monoisotopic (exact) mass is 433 g/mol. The molecule has 4 rings (SSSR count). The van der Waals surface area contributed by atoms with Gasteiger partial charge in [0.1, 0.15) is 16.9 Å². The van der Waals surface area contributed by atoms with Gasteiger partial charge < -0.3 is 15.4 Å². The Hall–Kier alpha value is -2.51. The van der Waals surface area contributed by atoms with Crippen LogP contribution >= 0.6 is 23.2 Å². The van der Waals surface area contributed by atoms with Crippen LogP contribution in [0.3, 0.4) is 0 Å². The molecule has 29 heavy (non-hydrogen) atoms. The lowest BCUT2D eigenvalue weighted by molar-refractivity contribution is 0.0126. The highest BCUT2D eigenvalue weighted by molar-refractivity contribution is 6.43. The van der Waals surface area contributed by atoms with E-state index in [0.29, 0.717) is 41.8 Å². The van der Waals surface area contributed by atoms with Crippen molar-refractivity contribution in [3.8, 4) is 11.4 Å². The molecule has 1 fully saturated rings. The molecule has 2 aromatic heterocycles. The van der Waals surface area contributed by atoms with Gasteiger partial charge in [0.15, 0.2) is 5.82 Å². The molecule has 0 spiro atoms. The van der Waals surface area contributed by atoms with Crippen LogP contribution in [0.25, 0.3) is 16.9 Å². The number of nitrogens with two attached hydrogens (primary N) is 1. The first-order valence-corrected chi connectivity index (χ1v) is 10.1. The number of benzene rings is 1. The number of carbonyl (C=O) groups is 1. The first-order valence-electron chi connectivity index (χ1n) is 9.30. The number of anilines is 1. The second kappa shape index (κ2) is 7.39. The molecule has 9 heteroatoms. The summed E-state index contributed by atoms with van der Waals surface area (Å²) in [5, 5.41) is 0.953. The zero-order valence-corrected chi connectivity index (χ0v) is 17.7. The molecule has 1 saturated heterocycles. The first-order chi connectivity index (χ1) is 13.8. The molecule has 1 aromatic carbocycles. The highest BCUT2D eigenvalue weighted by Gasteiger charge is 2.34. The standard InChI is InChI=1S/C20H21Cl2N5O2/c1-12-16-18(26-9-6-20(2,7-10-26)29-19(23)28)24-8-11-27(16)17(25-12)13-4-3-5-14(21)15(13)22/h3-5,8,11H,6-7,9-10H2,1-2H3,(H2,23,28). The minimum Gasteiger partial charge on any atom is -0.443 e. The predicted octanol–water partition coefficient (Wildman–Crippen LogP) is 4.47. The Balaban J connectivity index is 1.72. The Morgan fingerprint density at radius 1 is 1.28 bits per heavy atom. The summed E-state index contributed by atoms with van der Waals surface area (Å²) in [6.07, 6.45) is 4.21. The number of hydrogen-bond donors (Lipinski definition) is 1. The van der Waals surface area contributed by atoms with Crippen molar-refractivity contribution < 1.29 is 9.53 Å². The van der Waals surface area contributed by atoms with E-state index < -0.39 is 11.7 Å². The van der Waals surface area contributed by atoms with Crippen molar-refractivity contribution in [2.24, 2.45) is 5.73 Å². The number of piperidine rings is 1. The quantitative estimate of drug-likeness (QED) is 0.658. The molecular formula is C20H21Cl2N5O2. The highest BCUT2D eigenvalue weighted by atomic mass is 35.5. The molecule has 152 valence electrons. The third-order valence-electron chi connectivity index (χ3n) is 5.37. The molecule has 1 aliphatic rings. The number of primary amides is 1. The summed E-state index contributed by atoms with van der Waals surface area (Å²) in [5.74, 6) is 1.55. The van der Waals surface area contributed by atoms with Crippen LogP contribution in [0.1, 0.15) is 25.5 Å². The molecule has 1 aliphatic heterocycles. The van der Waals surface area contributed by atoms with E-state index in [-0.39, 0.29) is 0 Å². The maximum Gasteiger partial charge on any atom is 0.405 e. The lowest BCUT2D eigenvalue weighted by Gasteiger charge is -2.39. The van der Waals surface area contributed by atoms with Crippen LogP contribution in [0.4, 0.5) is 10.6 Å². The number of fused-ring (bicyclic) bond motifs is 1. The molecule has 2 N–H and O–H groups in total. The number of hydrogen-bond acceptors (Lipinski definition) is 5. The van der Waals surface area contributed by atoms with E-state index >= 15 is 0 Å². The summed E-state index contributed by atoms with van der Waals surface area (Å²) in [4.78, 5) is 22.7. The summed E-state index contributed by atoms with van der Waals surface area (Å²) in [7, 11) is 0. The topological polar surface area (TPSA) is 85.8 Å². The number of rotatable bonds is 3. The van der Waals surface area contributed by atoms with Crippen molar-refractivity contribution in [2.75, 3.05) is 18.0 Å². The summed E-state index contributed by atoms with van der Waals surface area (Å²) in [5.41, 5.74) is 7.18. The van der Waals surface area contributed by atoms with Crippen LogP contribution in [-0.4, -0.2) is 39.2 Å². The number of aromatic nitrogens is 3. The molecule has 0 unspecified atom stereocenters. The number of carbonyl (C=O) groups excluding carboxylic acids is 1. The van der Waals surface area contributed by atoms with Crippen molar-refractivity contribution in [1.82, 2.24) is 14.4 Å². The molecule has 3 heterocycles. The lowest BCUT2D eigenvalue weighted by Crippen LogP contribution is -2.46. The van der Waals surface area contributed by atoms with Gasteiger partial charge in [-0.25, -0.2) is 14.8 Å². The second-order valence-corrected chi connectivity index (χ2v) is 8.23. The summed E-state index contributed by atoms with van der Waals surface area (Å²) >= 11 is 12.6. The van der Waals surface area contributed by atoms with E-state index in [9.17, 15) is 4.79 Å². The molecule has 0 atom stereocenters. The van der Waals surface area contributed by atoms with Crippen LogP contribution in [0.2, 0.25) is 10.0 Å². The van der Waals surface area contributed by atoms with Gasteiger partial charge in [0.25, 0.3) is 0 Å². The van der Waals surface area contributed by atoms with Crippen LogP contribution in [0.15, 0.2) is 30.6 Å². The number of ether oxygens (including phenoxy) is 1. The van der Waals surface area contributed by atoms with Gasteiger partial charge >= 0.3 is 6.09 Å². The maximum atomic E-state index is 11.2. The average Bonchev–Trinajstić information content (AvgIpc) is 3.01. The molecule has 0 saturated carbocycles. The lowest BCUT2D eigenvalue weighted by atomic mass is 9.93. The van der Waals surface area contributed by atoms with Crippen molar-refractivity contribution in [2.45, 2.75) is 32.3 Å². The highest BCUT2D eigenvalue weighted by Crippen LogP contribution is 2.36. The first kappa shape index (κ1) is 19.8. The minimum atomic E-state index is -0.740. The van der Waals surface area contributed by atoms with Gasteiger partial charge in [0.05, 0.1) is 15.7 Å². The fraction of sp³-hybridized carbons (Fsp3) is 0.350. The van der Waals surface area contributed by atoms with E-state index in [2.05, 4.69) is 9.88 Å². The fourth-order valence-corrected chi connectivity index (χ4v) is 4.21. The van der Waals surface area contributed by atoms with E-state index in [1.807, 2.05) is 36.6 Å². The summed E-state index contributed by atoms with van der Waals surface area (Å²) in [6, 6.07) is 5.50. The second-order valence-electron chi connectivity index (χ2n) is 7.45. The number of nitrogens with zero attached hydrogens (tertiary/aromatic N) is 4. The molecule has 7 nitrogen and oxygen atoms in total. The van der Waals surface area contributed by atoms with Gasteiger partial charge in [-0.15, -0.1) is 0 Å². The fourth-order valence-electron chi connectivity index (χ4n) is 3.83. The van der Waals surface area contributed by atoms with Crippen LogP contribution < -0.4 is 10.6 Å². The van der Waals surface area contributed by atoms with Gasteiger partial charge in [0, 0.05) is 43.9 Å². The number of imidazole rings is 1. The van der Waals surface area contributed by atoms with Gasteiger partial charge in [-0.05, 0) is 26.0 Å². The normalized spacial score (nSPS) is 16.2. The Bertz CT molecular complexity index is 1090. The number of amides is 1. The van der Waals surface area contributed by atoms with E-state index in [4.69, 9.17) is 38.7 Å². The molecular weight excluding hydrogens is 413 g/mol. The predicted molar refractivity (Wildman–Crippen MR) is 114 cm³/mol. The maximum absolute atomic E-state index is 11.2. The van der Waals surface area contributed by atoms with Crippen molar-refractivity contribution >= 4 is 40.6 Å². The van der Waals surface area contributed by atoms with Crippen molar-refractivity contribution in [1.29, 1.82) is 0 Å². The van der Waals surface area contributed by atoms with Crippen molar-refractivity contribution in [3.63, 3.8) is 0 Å². The van der Waals surface area contributed by atoms with Gasteiger partial charge in [-0.2, -0.15) is 0 Å². The van der Waals surface area contributed by atoms with E-state index in [0.717, 1.165) is 22.6 Å². The summed E-state index contributed by atoms with van der Waals surface area (Å²) < 4.78 is 7.30. The van der Waals surface area contributed by atoms with E-state index in [1.54, 1.807) is 12.3 Å². The zero-order chi connectivity index (χ0) is 20.8. The zero-order valence-electron chi connectivity index (χ0n) is 16.2. The Labute approximate surface area is 178 Å². The van der Waals surface area contributed by atoms with Crippen LogP contribution in [0.5, 0.6) is 0 Å². The largest absolute Gasteiger partial charge is 0.443 e.